The predicted molar refractivity (Wildman–Crippen MR) is 80.6 cm³/mol. The van der Waals surface area contributed by atoms with Crippen molar-refractivity contribution in [1.29, 1.82) is 0 Å². The molecule has 0 bridgehead atoms. The Labute approximate surface area is 121 Å². The molecule has 0 heterocycles. The number of nitrogens with zero attached hydrogens (tertiary/aromatic N) is 1. The first-order valence-electron chi connectivity index (χ1n) is 6.34. The van der Waals surface area contributed by atoms with Crippen LogP contribution in [0.1, 0.15) is 31.2 Å². The van der Waals surface area contributed by atoms with Gasteiger partial charge in [0.25, 0.3) is 0 Å². The third-order valence-electron chi connectivity index (χ3n) is 3.49. The van der Waals surface area contributed by atoms with E-state index < -0.39 is 0 Å². The molecule has 0 atom stereocenters. The third kappa shape index (κ3) is 4.08. The van der Waals surface area contributed by atoms with Crippen molar-refractivity contribution in [3.8, 4) is 0 Å². The van der Waals surface area contributed by atoms with Crippen molar-refractivity contribution in [3.63, 3.8) is 0 Å². The average Bonchev–Trinajstić information content (AvgIpc) is 2.82. The summed E-state index contributed by atoms with van der Waals surface area (Å²) in [4.78, 5) is 2.63. The van der Waals surface area contributed by atoms with Gasteiger partial charge >= 0.3 is 0 Å². The summed E-state index contributed by atoms with van der Waals surface area (Å²) in [5.41, 5.74) is 1.41. The highest BCUT2D eigenvalue weighted by Crippen LogP contribution is 2.25. The minimum absolute atomic E-state index is 0.798. The quantitative estimate of drug-likeness (QED) is 0.694. The van der Waals surface area contributed by atoms with Crippen LogP contribution in [0.2, 0.25) is 0 Å². The summed E-state index contributed by atoms with van der Waals surface area (Å²) in [5.74, 6) is 0. The van der Waals surface area contributed by atoms with E-state index in [1.165, 1.54) is 35.7 Å². The van der Waals surface area contributed by atoms with Crippen molar-refractivity contribution in [2.45, 2.75) is 38.3 Å². The van der Waals surface area contributed by atoms with Crippen molar-refractivity contribution in [3.05, 3.63) is 34.3 Å². The van der Waals surface area contributed by atoms with Gasteiger partial charge in [0.2, 0.25) is 0 Å². The molecule has 1 saturated carbocycles. The van der Waals surface area contributed by atoms with Crippen LogP contribution in [0.4, 0.5) is 0 Å². The molecule has 2 rings (SSSR count). The van der Waals surface area contributed by atoms with Crippen LogP contribution in [0.15, 0.2) is 28.7 Å². The second-order valence-electron chi connectivity index (χ2n) is 4.73. The van der Waals surface area contributed by atoms with Gasteiger partial charge in [-0.05, 0) is 30.5 Å². The Morgan fingerprint density at radius 3 is 2.65 bits per heavy atom. The van der Waals surface area contributed by atoms with Crippen LogP contribution < -0.4 is 0 Å². The summed E-state index contributed by atoms with van der Waals surface area (Å²) in [6.45, 7) is 2.23. The molecule has 1 nitrogen and oxygen atoms in total. The smallest absolute Gasteiger partial charge is 0.0237 e. The number of rotatable bonds is 5. The van der Waals surface area contributed by atoms with Crippen molar-refractivity contribution in [1.82, 2.24) is 4.90 Å². The Morgan fingerprint density at radius 2 is 2.00 bits per heavy atom. The maximum absolute atomic E-state index is 3.57. The molecule has 0 aromatic heterocycles. The molecule has 1 fully saturated rings. The molecule has 3 heteroatoms. The molecule has 94 valence electrons. The Bertz CT molecular complexity index is 348. The lowest BCUT2D eigenvalue weighted by Gasteiger charge is -2.28. The number of halogens is 2. The normalized spacial score (nSPS) is 16.9. The second-order valence-corrected chi connectivity index (χ2v) is 6.44. The lowest BCUT2D eigenvalue weighted by molar-refractivity contribution is 0.202. The van der Waals surface area contributed by atoms with Gasteiger partial charge in [-0.25, -0.2) is 0 Å². The van der Waals surface area contributed by atoms with E-state index in [2.05, 4.69) is 61.0 Å². The number of hydrogen-bond acceptors (Lipinski definition) is 1. The molecule has 1 aliphatic carbocycles. The Hall–Kier alpha value is 0.140. The van der Waals surface area contributed by atoms with Gasteiger partial charge in [-0.3, -0.25) is 4.90 Å². The van der Waals surface area contributed by atoms with Crippen molar-refractivity contribution in [2.24, 2.45) is 0 Å². The molecule has 0 N–H and O–H groups in total. The molecule has 1 aromatic rings. The van der Waals surface area contributed by atoms with E-state index in [1.807, 2.05) is 0 Å². The lowest BCUT2D eigenvalue weighted by Crippen LogP contribution is -2.34. The van der Waals surface area contributed by atoms with Gasteiger partial charge in [0.15, 0.2) is 0 Å². The maximum Gasteiger partial charge on any atom is 0.0237 e. The van der Waals surface area contributed by atoms with E-state index in [0.29, 0.717) is 0 Å². The molecular formula is C14H19Br2N. The fourth-order valence-electron chi connectivity index (χ4n) is 2.64. The molecule has 0 radical (unpaired) electrons. The number of benzene rings is 1. The molecular weight excluding hydrogens is 342 g/mol. The van der Waals surface area contributed by atoms with Crippen LogP contribution in [0.3, 0.4) is 0 Å². The highest BCUT2D eigenvalue weighted by Gasteiger charge is 2.21. The first-order valence-corrected chi connectivity index (χ1v) is 8.25. The standard InChI is InChI=1S/C14H19Br2N/c15-8-9-17(14-6-1-2-7-14)11-12-4-3-5-13(16)10-12/h3-5,10,14H,1-2,6-9,11H2. The zero-order valence-electron chi connectivity index (χ0n) is 10.0. The van der Waals surface area contributed by atoms with E-state index in [0.717, 1.165) is 24.5 Å². The van der Waals surface area contributed by atoms with Gasteiger partial charge in [0, 0.05) is 28.9 Å². The first-order chi connectivity index (χ1) is 8.29. The van der Waals surface area contributed by atoms with Gasteiger partial charge in [0.1, 0.15) is 0 Å². The topological polar surface area (TPSA) is 3.24 Å². The molecule has 0 saturated heterocycles. The van der Waals surface area contributed by atoms with Gasteiger partial charge in [0.05, 0.1) is 0 Å². The summed E-state index contributed by atoms with van der Waals surface area (Å²) >= 11 is 7.12. The van der Waals surface area contributed by atoms with Crippen LogP contribution in [-0.2, 0) is 6.54 Å². The Kier molecular flexibility index (Phi) is 5.51. The van der Waals surface area contributed by atoms with Crippen molar-refractivity contribution in [2.75, 3.05) is 11.9 Å². The van der Waals surface area contributed by atoms with Gasteiger partial charge in [-0.1, -0.05) is 56.8 Å². The summed E-state index contributed by atoms with van der Waals surface area (Å²) in [6, 6.07) is 9.47. The van der Waals surface area contributed by atoms with Gasteiger partial charge < -0.3 is 0 Å². The summed E-state index contributed by atoms with van der Waals surface area (Å²) < 4.78 is 1.18. The number of alkyl halides is 1. The Balaban J connectivity index is 2.01. The zero-order valence-corrected chi connectivity index (χ0v) is 13.2. The minimum Gasteiger partial charge on any atom is -0.295 e. The largest absolute Gasteiger partial charge is 0.295 e. The highest BCUT2D eigenvalue weighted by atomic mass is 79.9. The SMILES string of the molecule is BrCCN(Cc1cccc(Br)c1)C1CCCC1. The van der Waals surface area contributed by atoms with Crippen LogP contribution >= 0.6 is 31.9 Å². The maximum atomic E-state index is 3.57. The van der Waals surface area contributed by atoms with E-state index in [1.54, 1.807) is 0 Å². The first kappa shape index (κ1) is 13.6. The second kappa shape index (κ2) is 6.91. The summed E-state index contributed by atoms with van der Waals surface area (Å²) in [5, 5.41) is 1.07. The van der Waals surface area contributed by atoms with Crippen LogP contribution in [0, 0.1) is 0 Å². The zero-order chi connectivity index (χ0) is 12.1. The lowest BCUT2D eigenvalue weighted by atomic mass is 10.1. The van der Waals surface area contributed by atoms with Gasteiger partial charge in [-0.2, -0.15) is 0 Å². The van der Waals surface area contributed by atoms with Crippen molar-refractivity contribution >= 4 is 31.9 Å². The van der Waals surface area contributed by atoms with Gasteiger partial charge in [-0.15, -0.1) is 0 Å². The van der Waals surface area contributed by atoms with Crippen LogP contribution in [-0.4, -0.2) is 22.8 Å². The monoisotopic (exact) mass is 359 g/mol. The van der Waals surface area contributed by atoms with E-state index >= 15 is 0 Å². The molecule has 17 heavy (non-hydrogen) atoms. The van der Waals surface area contributed by atoms with Crippen LogP contribution in [0.25, 0.3) is 0 Å². The van der Waals surface area contributed by atoms with Crippen LogP contribution in [0.5, 0.6) is 0 Å². The molecule has 0 amide bonds. The highest BCUT2D eigenvalue weighted by molar-refractivity contribution is 9.10. The summed E-state index contributed by atoms with van der Waals surface area (Å²) in [6.07, 6.45) is 5.56. The predicted octanol–water partition coefficient (Wildman–Crippen LogP) is 4.59. The molecule has 0 spiro atoms. The molecule has 1 aromatic carbocycles. The Morgan fingerprint density at radius 1 is 1.24 bits per heavy atom. The molecule has 1 aliphatic rings. The third-order valence-corrected chi connectivity index (χ3v) is 4.34. The van der Waals surface area contributed by atoms with E-state index in [9.17, 15) is 0 Å². The molecule has 0 unspecified atom stereocenters. The van der Waals surface area contributed by atoms with Crippen molar-refractivity contribution < 1.29 is 0 Å². The van der Waals surface area contributed by atoms with E-state index in [4.69, 9.17) is 0 Å². The summed E-state index contributed by atoms with van der Waals surface area (Å²) in [7, 11) is 0. The number of hydrogen-bond donors (Lipinski definition) is 0. The fourth-order valence-corrected chi connectivity index (χ4v) is 3.54. The fraction of sp³-hybridized carbons (Fsp3) is 0.571. The molecule has 0 aliphatic heterocycles. The average molecular weight is 361 g/mol. The minimum atomic E-state index is 0.798. The van der Waals surface area contributed by atoms with E-state index in [-0.39, 0.29) is 0 Å².